The van der Waals surface area contributed by atoms with Crippen LogP contribution in [0, 0.1) is 11.8 Å². The Morgan fingerprint density at radius 1 is 1.09 bits per heavy atom. The number of fused-ring (bicyclic) bond motifs is 1. The predicted octanol–water partition coefficient (Wildman–Crippen LogP) is 1.06. The molecule has 0 saturated heterocycles. The highest BCUT2D eigenvalue weighted by Crippen LogP contribution is 2.40. The number of nitrogens with zero attached hydrogens (tertiary/aromatic N) is 1. The average molecular weight is 330 g/mol. The summed E-state index contributed by atoms with van der Waals surface area (Å²) in [5.74, 6) is 2.60. The molecule has 3 unspecified atom stereocenters. The van der Waals surface area contributed by atoms with Gasteiger partial charge in [-0.25, -0.2) is 13.1 Å². The van der Waals surface area contributed by atoms with Gasteiger partial charge in [0, 0.05) is 26.2 Å². The Kier molecular flexibility index (Phi) is 6.50. The zero-order valence-electron chi connectivity index (χ0n) is 13.8. The Morgan fingerprint density at radius 3 is 2.50 bits per heavy atom. The monoisotopic (exact) mass is 330 g/mol. The summed E-state index contributed by atoms with van der Waals surface area (Å²) in [6, 6.07) is 0.494. The quantitative estimate of drug-likeness (QED) is 0.400. The third-order valence-electron chi connectivity index (χ3n) is 4.89. The second-order valence-corrected chi connectivity index (χ2v) is 8.46. The molecule has 3 N–H and O–H groups in total. The highest BCUT2D eigenvalue weighted by Gasteiger charge is 2.32. The van der Waals surface area contributed by atoms with Crippen molar-refractivity contribution in [1.29, 1.82) is 0 Å². The van der Waals surface area contributed by atoms with Crippen molar-refractivity contribution in [2.45, 2.75) is 51.0 Å². The van der Waals surface area contributed by atoms with Gasteiger partial charge >= 0.3 is 0 Å². The molecule has 0 heterocycles. The van der Waals surface area contributed by atoms with Gasteiger partial charge in [-0.05, 0) is 31.1 Å². The van der Waals surface area contributed by atoms with Crippen LogP contribution in [-0.2, 0) is 10.0 Å². The Morgan fingerprint density at radius 2 is 1.82 bits per heavy atom. The Labute approximate surface area is 134 Å². The maximum Gasteiger partial charge on any atom is 0.208 e. The minimum absolute atomic E-state index is 0.370. The van der Waals surface area contributed by atoms with Crippen molar-refractivity contribution in [3.63, 3.8) is 0 Å². The van der Waals surface area contributed by atoms with Gasteiger partial charge in [0.05, 0.1) is 6.26 Å². The molecule has 0 aromatic heterocycles. The molecule has 0 aromatic rings. The van der Waals surface area contributed by atoms with Crippen molar-refractivity contribution in [1.82, 2.24) is 15.4 Å². The summed E-state index contributed by atoms with van der Waals surface area (Å²) < 4.78 is 24.5. The van der Waals surface area contributed by atoms with E-state index in [-0.39, 0.29) is 0 Å². The van der Waals surface area contributed by atoms with Crippen LogP contribution in [0.3, 0.4) is 0 Å². The topological polar surface area (TPSA) is 82.6 Å². The van der Waals surface area contributed by atoms with E-state index in [4.69, 9.17) is 0 Å². The molecule has 0 amide bonds. The molecule has 2 aliphatic rings. The molecular formula is C15H30N4O2S. The van der Waals surface area contributed by atoms with Crippen LogP contribution in [0.1, 0.15) is 44.9 Å². The van der Waals surface area contributed by atoms with E-state index < -0.39 is 10.0 Å². The smallest absolute Gasteiger partial charge is 0.208 e. The van der Waals surface area contributed by atoms with Crippen molar-refractivity contribution in [2.24, 2.45) is 16.8 Å². The van der Waals surface area contributed by atoms with E-state index in [1.165, 1.54) is 51.2 Å². The van der Waals surface area contributed by atoms with Gasteiger partial charge in [0.25, 0.3) is 0 Å². The van der Waals surface area contributed by atoms with E-state index in [0.29, 0.717) is 19.1 Å². The lowest BCUT2D eigenvalue weighted by Crippen LogP contribution is -2.48. The minimum Gasteiger partial charge on any atom is -0.355 e. The van der Waals surface area contributed by atoms with Gasteiger partial charge in [0.15, 0.2) is 5.96 Å². The van der Waals surface area contributed by atoms with Crippen LogP contribution >= 0.6 is 0 Å². The van der Waals surface area contributed by atoms with E-state index >= 15 is 0 Å². The Bertz CT molecular complexity index is 478. The Balaban J connectivity index is 1.71. The largest absolute Gasteiger partial charge is 0.355 e. The SMILES string of the molecule is CN=C(NCCNS(C)(=O)=O)NC1CCC2CCCCC2C1. The van der Waals surface area contributed by atoms with E-state index in [0.717, 1.165) is 17.8 Å². The molecule has 0 radical (unpaired) electrons. The number of aliphatic imine (C=N–C) groups is 1. The molecule has 0 aliphatic heterocycles. The van der Waals surface area contributed by atoms with Gasteiger partial charge < -0.3 is 10.6 Å². The zero-order valence-corrected chi connectivity index (χ0v) is 14.6. The van der Waals surface area contributed by atoms with Crippen molar-refractivity contribution >= 4 is 16.0 Å². The van der Waals surface area contributed by atoms with Crippen LogP contribution in [0.25, 0.3) is 0 Å². The molecule has 0 bridgehead atoms. The van der Waals surface area contributed by atoms with Crippen LogP contribution in [-0.4, -0.2) is 46.8 Å². The molecule has 128 valence electrons. The van der Waals surface area contributed by atoms with Gasteiger partial charge in [0.1, 0.15) is 0 Å². The number of nitrogens with one attached hydrogen (secondary N) is 3. The highest BCUT2D eigenvalue weighted by molar-refractivity contribution is 7.88. The first-order valence-electron chi connectivity index (χ1n) is 8.40. The maximum atomic E-state index is 11.0. The second kappa shape index (κ2) is 8.15. The summed E-state index contributed by atoms with van der Waals surface area (Å²) in [6.07, 6.45) is 10.6. The molecule has 2 saturated carbocycles. The number of guanidine groups is 1. The number of hydrogen-bond donors (Lipinski definition) is 3. The van der Waals surface area contributed by atoms with Crippen LogP contribution in [0.5, 0.6) is 0 Å². The maximum absolute atomic E-state index is 11.0. The number of hydrogen-bond acceptors (Lipinski definition) is 3. The fourth-order valence-corrected chi connectivity index (χ4v) is 4.28. The van der Waals surface area contributed by atoms with E-state index in [1.807, 2.05) is 0 Å². The molecular weight excluding hydrogens is 300 g/mol. The third kappa shape index (κ3) is 5.76. The van der Waals surface area contributed by atoms with Gasteiger partial charge in [0.2, 0.25) is 10.0 Å². The van der Waals surface area contributed by atoms with E-state index in [2.05, 4.69) is 20.3 Å². The first kappa shape index (κ1) is 17.5. The summed E-state index contributed by atoms with van der Waals surface area (Å²) in [5, 5.41) is 6.67. The molecule has 2 fully saturated rings. The number of rotatable bonds is 5. The summed E-state index contributed by atoms with van der Waals surface area (Å²) in [6.45, 7) is 0.903. The van der Waals surface area contributed by atoms with Crippen molar-refractivity contribution in [3.8, 4) is 0 Å². The first-order valence-corrected chi connectivity index (χ1v) is 10.3. The minimum atomic E-state index is -3.12. The molecule has 7 heteroatoms. The van der Waals surface area contributed by atoms with Crippen molar-refractivity contribution in [3.05, 3.63) is 0 Å². The lowest BCUT2D eigenvalue weighted by atomic mass is 9.69. The predicted molar refractivity (Wildman–Crippen MR) is 90.4 cm³/mol. The van der Waals surface area contributed by atoms with Crippen LogP contribution < -0.4 is 15.4 Å². The van der Waals surface area contributed by atoms with Crippen LogP contribution in [0.2, 0.25) is 0 Å². The summed E-state index contributed by atoms with van der Waals surface area (Å²) in [4.78, 5) is 4.24. The van der Waals surface area contributed by atoms with Gasteiger partial charge in [-0.15, -0.1) is 0 Å². The van der Waals surface area contributed by atoms with Gasteiger partial charge in [-0.3, -0.25) is 4.99 Å². The van der Waals surface area contributed by atoms with E-state index in [1.54, 1.807) is 7.05 Å². The van der Waals surface area contributed by atoms with E-state index in [9.17, 15) is 8.42 Å². The van der Waals surface area contributed by atoms with Crippen LogP contribution in [0.15, 0.2) is 4.99 Å². The third-order valence-corrected chi connectivity index (χ3v) is 5.61. The summed E-state index contributed by atoms with van der Waals surface area (Å²) >= 11 is 0. The van der Waals surface area contributed by atoms with Gasteiger partial charge in [-0.2, -0.15) is 0 Å². The summed E-state index contributed by atoms with van der Waals surface area (Å²) in [7, 11) is -1.36. The van der Waals surface area contributed by atoms with Gasteiger partial charge in [-0.1, -0.05) is 25.7 Å². The normalized spacial score (nSPS) is 29.7. The second-order valence-electron chi connectivity index (χ2n) is 6.62. The zero-order chi connectivity index (χ0) is 16.0. The average Bonchev–Trinajstić information content (AvgIpc) is 2.49. The molecule has 3 atom stereocenters. The molecule has 2 rings (SSSR count). The van der Waals surface area contributed by atoms with Crippen molar-refractivity contribution in [2.75, 3.05) is 26.4 Å². The molecule has 2 aliphatic carbocycles. The fourth-order valence-electron chi connectivity index (χ4n) is 3.81. The lowest BCUT2D eigenvalue weighted by Gasteiger charge is -2.39. The highest BCUT2D eigenvalue weighted by atomic mass is 32.2. The molecule has 0 aromatic carbocycles. The Hall–Kier alpha value is -0.820. The lowest BCUT2D eigenvalue weighted by molar-refractivity contribution is 0.150. The number of sulfonamides is 1. The van der Waals surface area contributed by atoms with Crippen LogP contribution in [0.4, 0.5) is 0 Å². The molecule has 0 spiro atoms. The molecule has 6 nitrogen and oxygen atoms in total. The molecule has 22 heavy (non-hydrogen) atoms. The first-order chi connectivity index (χ1) is 10.5. The van der Waals surface area contributed by atoms with Crippen molar-refractivity contribution < 1.29 is 8.42 Å². The standard InChI is InChI=1S/C15H30N4O2S/c1-16-15(17-9-10-18-22(2,20)21)19-14-8-7-12-5-3-4-6-13(12)11-14/h12-14,18H,3-11H2,1-2H3,(H2,16,17,19). The fraction of sp³-hybridized carbons (Fsp3) is 0.933. The summed E-state index contributed by atoms with van der Waals surface area (Å²) in [5.41, 5.74) is 0.